The molecule has 0 radical (unpaired) electrons. The van der Waals surface area contributed by atoms with Crippen molar-refractivity contribution in [3.05, 3.63) is 0 Å². The maximum absolute atomic E-state index is 5.71. The first-order valence-electron chi connectivity index (χ1n) is 6.65. The number of likely N-dealkylation sites (tertiary alicyclic amines) is 1. The molecule has 94 valence electrons. The van der Waals surface area contributed by atoms with E-state index in [2.05, 4.69) is 18.9 Å². The zero-order valence-electron chi connectivity index (χ0n) is 10.7. The summed E-state index contributed by atoms with van der Waals surface area (Å²) in [6, 6.07) is 0. The molecule has 16 heavy (non-hydrogen) atoms. The van der Waals surface area contributed by atoms with Crippen LogP contribution in [0.2, 0.25) is 0 Å². The van der Waals surface area contributed by atoms with Gasteiger partial charge < -0.3 is 15.4 Å². The Morgan fingerprint density at radius 3 is 2.75 bits per heavy atom. The van der Waals surface area contributed by atoms with Gasteiger partial charge in [-0.1, -0.05) is 6.92 Å². The highest BCUT2D eigenvalue weighted by molar-refractivity contribution is 4.97. The number of rotatable bonds is 4. The van der Waals surface area contributed by atoms with Crippen molar-refractivity contribution in [2.24, 2.45) is 23.0 Å². The second kappa shape index (κ2) is 5.03. The summed E-state index contributed by atoms with van der Waals surface area (Å²) in [6.45, 7) is 7.62. The van der Waals surface area contributed by atoms with Gasteiger partial charge in [-0.2, -0.15) is 0 Å². The highest BCUT2D eigenvalue weighted by Gasteiger charge is 2.49. The first-order valence-corrected chi connectivity index (χ1v) is 6.65. The molecular weight excluding hydrogens is 200 g/mol. The number of ether oxygens (including phenoxy) is 1. The van der Waals surface area contributed by atoms with Crippen LogP contribution in [0.1, 0.15) is 26.2 Å². The lowest BCUT2D eigenvalue weighted by Crippen LogP contribution is -2.56. The predicted octanol–water partition coefficient (Wildman–Crippen LogP) is 1.33. The van der Waals surface area contributed by atoms with Crippen LogP contribution < -0.4 is 5.73 Å². The Balaban J connectivity index is 2.02. The van der Waals surface area contributed by atoms with Gasteiger partial charge in [0.1, 0.15) is 0 Å². The molecule has 2 rings (SSSR count). The molecule has 0 aromatic rings. The molecule has 2 N–H and O–H groups in total. The lowest BCUT2D eigenvalue weighted by atomic mass is 9.62. The van der Waals surface area contributed by atoms with Crippen LogP contribution in [0.25, 0.3) is 0 Å². The van der Waals surface area contributed by atoms with E-state index in [-0.39, 0.29) is 0 Å². The molecule has 2 atom stereocenters. The molecule has 0 bridgehead atoms. The van der Waals surface area contributed by atoms with Gasteiger partial charge in [-0.3, -0.25) is 0 Å². The predicted molar refractivity (Wildman–Crippen MR) is 66.3 cm³/mol. The van der Waals surface area contributed by atoms with Crippen molar-refractivity contribution < 1.29 is 4.74 Å². The normalized spacial score (nSPS) is 32.1. The van der Waals surface area contributed by atoms with Crippen LogP contribution in [0.5, 0.6) is 0 Å². The number of piperidine rings is 1. The maximum atomic E-state index is 5.71. The largest absolute Gasteiger partial charge is 0.380 e. The van der Waals surface area contributed by atoms with Gasteiger partial charge in [0, 0.05) is 12.0 Å². The van der Waals surface area contributed by atoms with Gasteiger partial charge in [0.05, 0.1) is 13.2 Å². The summed E-state index contributed by atoms with van der Waals surface area (Å²) in [5, 5.41) is 0. The highest BCUT2D eigenvalue weighted by Crippen LogP contribution is 2.47. The second-order valence-electron chi connectivity index (χ2n) is 5.81. The summed E-state index contributed by atoms with van der Waals surface area (Å²) in [4.78, 5) is 2.48. The van der Waals surface area contributed by atoms with Crippen molar-refractivity contribution in [3.63, 3.8) is 0 Å². The third kappa shape index (κ3) is 2.13. The fourth-order valence-corrected chi connectivity index (χ4v) is 3.43. The third-order valence-corrected chi connectivity index (χ3v) is 4.76. The van der Waals surface area contributed by atoms with Gasteiger partial charge in [-0.25, -0.2) is 0 Å². The number of hydrogen-bond acceptors (Lipinski definition) is 3. The third-order valence-electron chi connectivity index (χ3n) is 4.76. The topological polar surface area (TPSA) is 38.5 Å². The first-order chi connectivity index (χ1) is 7.69. The van der Waals surface area contributed by atoms with Gasteiger partial charge in [-0.15, -0.1) is 0 Å². The van der Waals surface area contributed by atoms with Crippen LogP contribution in [-0.2, 0) is 4.74 Å². The van der Waals surface area contributed by atoms with Crippen molar-refractivity contribution >= 4 is 0 Å². The summed E-state index contributed by atoms with van der Waals surface area (Å²) in [7, 11) is 2.24. The lowest BCUT2D eigenvalue weighted by molar-refractivity contribution is -0.184. The smallest absolute Gasteiger partial charge is 0.0550 e. The van der Waals surface area contributed by atoms with Gasteiger partial charge in [0.2, 0.25) is 0 Å². The van der Waals surface area contributed by atoms with E-state index in [4.69, 9.17) is 10.5 Å². The molecule has 2 aliphatic heterocycles. The van der Waals surface area contributed by atoms with Gasteiger partial charge in [0.25, 0.3) is 0 Å². The molecule has 2 fully saturated rings. The van der Waals surface area contributed by atoms with E-state index < -0.39 is 0 Å². The molecule has 0 aromatic carbocycles. The number of nitrogens with two attached hydrogens (primary N) is 1. The zero-order chi connectivity index (χ0) is 11.6. The average Bonchev–Trinajstić information content (AvgIpc) is 2.16. The quantitative estimate of drug-likeness (QED) is 0.786. The molecular formula is C13H26N2O. The Morgan fingerprint density at radius 1 is 1.50 bits per heavy atom. The van der Waals surface area contributed by atoms with E-state index in [9.17, 15) is 0 Å². The Bertz CT molecular complexity index is 228. The molecule has 2 unspecified atom stereocenters. The van der Waals surface area contributed by atoms with Crippen LogP contribution in [0, 0.1) is 17.3 Å². The minimum atomic E-state index is 0.439. The summed E-state index contributed by atoms with van der Waals surface area (Å²) in [5.41, 5.74) is 6.15. The van der Waals surface area contributed by atoms with E-state index in [0.717, 1.165) is 32.1 Å². The molecule has 0 saturated carbocycles. The van der Waals surface area contributed by atoms with E-state index >= 15 is 0 Å². The summed E-state index contributed by atoms with van der Waals surface area (Å²) in [5.74, 6) is 1.53. The van der Waals surface area contributed by atoms with E-state index in [0.29, 0.717) is 11.3 Å². The van der Waals surface area contributed by atoms with Gasteiger partial charge in [0.15, 0.2) is 0 Å². The van der Waals surface area contributed by atoms with Gasteiger partial charge >= 0.3 is 0 Å². The molecule has 3 nitrogen and oxygen atoms in total. The number of hydrogen-bond donors (Lipinski definition) is 1. The van der Waals surface area contributed by atoms with Crippen LogP contribution in [0.4, 0.5) is 0 Å². The zero-order valence-corrected chi connectivity index (χ0v) is 10.7. The molecule has 0 spiro atoms. The molecule has 2 saturated heterocycles. The molecule has 0 aliphatic carbocycles. The highest BCUT2D eigenvalue weighted by atomic mass is 16.5. The van der Waals surface area contributed by atoms with Crippen molar-refractivity contribution in [2.75, 3.05) is 39.9 Å². The molecule has 2 aliphatic rings. The van der Waals surface area contributed by atoms with Crippen LogP contribution in [-0.4, -0.2) is 44.8 Å². The first kappa shape index (κ1) is 12.3. The van der Waals surface area contributed by atoms with E-state index in [1.807, 2.05) is 0 Å². The maximum Gasteiger partial charge on any atom is 0.0550 e. The number of nitrogens with zero attached hydrogens (tertiary/aromatic N) is 1. The Kier molecular flexibility index (Phi) is 3.88. The standard InChI is InChI=1S/C13H26N2O/c1-11(5-6-14)13(9-16-10-13)12-4-3-7-15(2)8-12/h11-12H,3-10,14H2,1-2H3. The minimum Gasteiger partial charge on any atom is -0.380 e. The van der Waals surface area contributed by atoms with Crippen LogP contribution in [0.15, 0.2) is 0 Å². The Labute approximate surface area is 99.3 Å². The van der Waals surface area contributed by atoms with E-state index in [1.54, 1.807) is 0 Å². The summed E-state index contributed by atoms with van der Waals surface area (Å²) in [6.07, 6.45) is 3.87. The molecule has 0 amide bonds. The fourth-order valence-electron chi connectivity index (χ4n) is 3.43. The van der Waals surface area contributed by atoms with Crippen LogP contribution >= 0.6 is 0 Å². The monoisotopic (exact) mass is 226 g/mol. The van der Waals surface area contributed by atoms with Gasteiger partial charge in [-0.05, 0) is 51.2 Å². The Hall–Kier alpha value is -0.120. The minimum absolute atomic E-state index is 0.439. The SMILES string of the molecule is CC(CCN)C1(C2CCCN(C)C2)COC1. The van der Waals surface area contributed by atoms with Crippen molar-refractivity contribution in [2.45, 2.75) is 26.2 Å². The average molecular weight is 226 g/mol. The van der Waals surface area contributed by atoms with Crippen molar-refractivity contribution in [3.8, 4) is 0 Å². The molecule has 0 aromatic heterocycles. The van der Waals surface area contributed by atoms with E-state index in [1.165, 1.54) is 25.9 Å². The van der Waals surface area contributed by atoms with Crippen LogP contribution in [0.3, 0.4) is 0 Å². The molecule has 2 heterocycles. The second-order valence-corrected chi connectivity index (χ2v) is 5.81. The Morgan fingerprint density at radius 2 is 2.25 bits per heavy atom. The summed E-state index contributed by atoms with van der Waals surface area (Å²) >= 11 is 0. The van der Waals surface area contributed by atoms with Crippen molar-refractivity contribution in [1.82, 2.24) is 4.90 Å². The molecule has 3 heteroatoms. The fraction of sp³-hybridized carbons (Fsp3) is 1.00. The summed E-state index contributed by atoms with van der Waals surface area (Å²) < 4.78 is 5.53. The lowest BCUT2D eigenvalue weighted by Gasteiger charge is -2.53. The van der Waals surface area contributed by atoms with Crippen molar-refractivity contribution in [1.29, 1.82) is 0 Å².